The number of nitrogens with one attached hydrogen (secondary N) is 3. The zero-order valence-corrected chi connectivity index (χ0v) is 13.0. The van der Waals surface area contributed by atoms with Crippen molar-refractivity contribution in [1.82, 2.24) is 15.3 Å². The second kappa shape index (κ2) is 9.07. The highest BCUT2D eigenvalue weighted by atomic mass is 32.2. The molecule has 0 saturated carbocycles. The zero-order chi connectivity index (χ0) is 16.0. The maximum atomic E-state index is 11.7. The van der Waals surface area contributed by atoms with E-state index in [0.29, 0.717) is 5.69 Å². The van der Waals surface area contributed by atoms with E-state index in [2.05, 4.69) is 15.3 Å². The molecule has 1 heterocycles. The third-order valence-corrected chi connectivity index (χ3v) is 3.45. The van der Waals surface area contributed by atoms with Crippen LogP contribution >= 0.6 is 0 Å². The Kier molecular flexibility index (Phi) is 8.23. The Balaban J connectivity index is 0.00000441. The predicted molar refractivity (Wildman–Crippen MR) is 83.0 cm³/mol. The quantitative estimate of drug-likeness (QED) is 0.419. The lowest BCUT2D eigenvalue weighted by Crippen LogP contribution is -2.40. The van der Waals surface area contributed by atoms with Gasteiger partial charge in [-0.2, -0.15) is 0 Å². The molecule has 9 nitrogen and oxygen atoms in total. The maximum Gasteiger partial charge on any atom is 0.325 e. The van der Waals surface area contributed by atoms with Crippen molar-refractivity contribution < 1.29 is 19.6 Å². The van der Waals surface area contributed by atoms with Crippen LogP contribution in [-0.4, -0.2) is 55.3 Å². The molecular weight excluding hydrogens is 314 g/mol. The molecule has 0 aromatic carbocycles. The molecule has 0 aliphatic rings. The summed E-state index contributed by atoms with van der Waals surface area (Å²) in [6, 6.07) is -0.622. The Morgan fingerprint density at radius 3 is 2.55 bits per heavy atom. The topological polar surface area (TPSA) is 164 Å². The van der Waals surface area contributed by atoms with Crippen molar-refractivity contribution in [3.63, 3.8) is 0 Å². The van der Waals surface area contributed by atoms with Gasteiger partial charge in [-0.3, -0.25) is 18.8 Å². The molecule has 0 radical (unpaired) electrons. The van der Waals surface area contributed by atoms with Gasteiger partial charge in [-0.25, -0.2) is 4.79 Å². The van der Waals surface area contributed by atoms with Gasteiger partial charge >= 0.3 is 5.69 Å². The van der Waals surface area contributed by atoms with E-state index in [1.807, 2.05) is 0 Å². The van der Waals surface area contributed by atoms with Crippen LogP contribution in [0.1, 0.15) is 11.3 Å². The summed E-state index contributed by atoms with van der Waals surface area (Å²) in [5.41, 5.74) is -0.732. The van der Waals surface area contributed by atoms with Gasteiger partial charge in [0.1, 0.15) is 0 Å². The molecule has 124 valence electrons. The molecule has 0 bridgehead atoms. The molecule has 2 unspecified atom stereocenters. The number of rotatable bonds is 6. The Morgan fingerprint density at radius 2 is 2.05 bits per heavy atom. The first-order valence-electron chi connectivity index (χ1n) is 6.06. The SMILES string of the molecule is Cc1[nH]c(=O)[nH]c(=O)c1/C=C/C(=O)NC(CO)CS(C)=O.O. The number of carbonyl (C=O) groups is 1. The lowest BCUT2D eigenvalue weighted by molar-refractivity contribution is -0.117. The van der Waals surface area contributed by atoms with E-state index in [-0.39, 0.29) is 23.4 Å². The van der Waals surface area contributed by atoms with Crippen LogP contribution in [0.4, 0.5) is 0 Å². The van der Waals surface area contributed by atoms with Crippen molar-refractivity contribution in [1.29, 1.82) is 0 Å². The van der Waals surface area contributed by atoms with Gasteiger partial charge in [0.15, 0.2) is 0 Å². The number of aryl methyl sites for hydroxylation is 1. The summed E-state index contributed by atoms with van der Waals surface area (Å²) in [5.74, 6) is -0.404. The summed E-state index contributed by atoms with van der Waals surface area (Å²) in [6.07, 6.45) is 3.84. The second-order valence-corrected chi connectivity index (χ2v) is 5.89. The maximum absolute atomic E-state index is 11.7. The van der Waals surface area contributed by atoms with E-state index in [4.69, 9.17) is 5.11 Å². The van der Waals surface area contributed by atoms with Gasteiger partial charge in [0.05, 0.1) is 18.2 Å². The summed E-state index contributed by atoms with van der Waals surface area (Å²) < 4.78 is 11.0. The van der Waals surface area contributed by atoms with Crippen molar-refractivity contribution >= 4 is 22.8 Å². The molecule has 0 aliphatic heterocycles. The number of aliphatic hydroxyl groups excluding tert-OH is 1. The molecule has 1 aromatic heterocycles. The van der Waals surface area contributed by atoms with Crippen LogP contribution in [0.3, 0.4) is 0 Å². The summed E-state index contributed by atoms with van der Waals surface area (Å²) in [4.78, 5) is 38.7. The molecule has 0 saturated heterocycles. The Bertz CT molecular complexity index is 678. The zero-order valence-electron chi connectivity index (χ0n) is 12.1. The van der Waals surface area contributed by atoms with Crippen LogP contribution in [0, 0.1) is 6.92 Å². The van der Waals surface area contributed by atoms with E-state index in [9.17, 15) is 18.6 Å². The highest BCUT2D eigenvalue weighted by Crippen LogP contribution is 1.98. The van der Waals surface area contributed by atoms with E-state index in [1.165, 1.54) is 19.3 Å². The Morgan fingerprint density at radius 1 is 1.41 bits per heavy atom. The van der Waals surface area contributed by atoms with Crippen LogP contribution in [-0.2, 0) is 15.6 Å². The first-order chi connectivity index (χ1) is 9.83. The molecule has 10 heteroatoms. The number of H-pyrrole nitrogens is 2. The van der Waals surface area contributed by atoms with E-state index < -0.39 is 34.0 Å². The third kappa shape index (κ3) is 6.16. The van der Waals surface area contributed by atoms with Crippen molar-refractivity contribution in [3.05, 3.63) is 38.2 Å². The fraction of sp³-hybridized carbons (Fsp3) is 0.417. The fourth-order valence-electron chi connectivity index (χ4n) is 1.64. The second-order valence-electron chi connectivity index (χ2n) is 4.41. The van der Waals surface area contributed by atoms with E-state index in [1.54, 1.807) is 0 Å². The fourth-order valence-corrected chi connectivity index (χ4v) is 2.40. The van der Waals surface area contributed by atoms with Crippen LogP contribution < -0.4 is 16.6 Å². The smallest absolute Gasteiger partial charge is 0.325 e. The molecule has 1 amide bonds. The molecule has 0 aliphatic carbocycles. The summed E-state index contributed by atoms with van der Waals surface area (Å²) in [7, 11) is -1.16. The third-order valence-electron chi connectivity index (χ3n) is 2.58. The van der Waals surface area contributed by atoms with Gasteiger partial charge in [0, 0.05) is 34.6 Å². The molecule has 6 N–H and O–H groups in total. The summed E-state index contributed by atoms with van der Waals surface area (Å²) in [6.45, 7) is 1.20. The molecule has 22 heavy (non-hydrogen) atoms. The number of aromatic amines is 2. The van der Waals surface area contributed by atoms with Crippen molar-refractivity contribution in [2.75, 3.05) is 18.6 Å². The van der Waals surface area contributed by atoms with Gasteiger partial charge in [-0.05, 0) is 13.0 Å². The van der Waals surface area contributed by atoms with Crippen LogP contribution in [0.25, 0.3) is 6.08 Å². The summed E-state index contributed by atoms with van der Waals surface area (Å²) in [5, 5.41) is 11.5. The number of hydrogen-bond donors (Lipinski definition) is 4. The van der Waals surface area contributed by atoms with Gasteiger partial charge in [-0.15, -0.1) is 0 Å². The van der Waals surface area contributed by atoms with Crippen molar-refractivity contribution in [3.8, 4) is 0 Å². The lowest BCUT2D eigenvalue weighted by Gasteiger charge is -2.13. The lowest BCUT2D eigenvalue weighted by atomic mass is 10.2. The minimum Gasteiger partial charge on any atom is -0.412 e. The average Bonchev–Trinajstić information content (AvgIpc) is 2.35. The molecule has 1 aromatic rings. The van der Waals surface area contributed by atoms with Crippen LogP contribution in [0.15, 0.2) is 15.7 Å². The average molecular weight is 333 g/mol. The van der Waals surface area contributed by atoms with Gasteiger partial charge in [-0.1, -0.05) is 0 Å². The molecular formula is C12H19N3O6S. The van der Waals surface area contributed by atoms with Gasteiger partial charge in [0.25, 0.3) is 5.56 Å². The van der Waals surface area contributed by atoms with Gasteiger partial charge in [0.2, 0.25) is 5.91 Å². The van der Waals surface area contributed by atoms with Gasteiger partial charge < -0.3 is 20.9 Å². The number of hydrogen-bond acceptors (Lipinski definition) is 5. The van der Waals surface area contributed by atoms with E-state index >= 15 is 0 Å². The molecule has 1 rings (SSSR count). The Hall–Kier alpha value is -2.04. The van der Waals surface area contributed by atoms with E-state index in [0.717, 1.165) is 6.08 Å². The predicted octanol–water partition coefficient (Wildman–Crippen LogP) is -2.58. The molecule has 0 fully saturated rings. The Labute approximate surface area is 128 Å². The molecule has 0 spiro atoms. The standard InChI is InChI=1S/C12H17N3O5S.H2O/c1-7-9(11(18)15-12(19)13-7)3-4-10(17)14-8(5-16)6-21(2)20;/h3-4,8,16H,5-6H2,1-2H3,(H,14,17)(H2,13,15,18,19);1H2/b4-3+;. The largest absolute Gasteiger partial charge is 0.412 e. The monoisotopic (exact) mass is 333 g/mol. The first kappa shape index (κ1) is 20.0. The van der Waals surface area contributed by atoms with Crippen molar-refractivity contribution in [2.45, 2.75) is 13.0 Å². The highest BCUT2D eigenvalue weighted by molar-refractivity contribution is 7.84. The summed E-state index contributed by atoms with van der Waals surface area (Å²) >= 11 is 0. The van der Waals surface area contributed by atoms with Crippen molar-refractivity contribution in [2.24, 2.45) is 0 Å². The first-order valence-corrected chi connectivity index (χ1v) is 7.79. The number of aromatic nitrogens is 2. The molecule has 2 atom stereocenters. The minimum absolute atomic E-state index is 0. The minimum atomic E-state index is -1.16. The van der Waals surface area contributed by atoms with Crippen LogP contribution in [0.5, 0.6) is 0 Å². The number of amides is 1. The number of aliphatic hydroxyl groups is 1. The van der Waals surface area contributed by atoms with Crippen LogP contribution in [0.2, 0.25) is 0 Å². The normalized spacial score (nSPS) is 13.4. The highest BCUT2D eigenvalue weighted by Gasteiger charge is 2.11. The number of carbonyl (C=O) groups excluding carboxylic acids is 1.